The Kier molecular flexibility index (Phi) is 4.56. The predicted molar refractivity (Wildman–Crippen MR) is 76.7 cm³/mol. The summed E-state index contributed by atoms with van der Waals surface area (Å²) >= 11 is 8.92. The van der Waals surface area contributed by atoms with Crippen LogP contribution in [-0.4, -0.2) is 5.91 Å². The third-order valence-electron chi connectivity index (χ3n) is 2.56. The summed E-state index contributed by atoms with van der Waals surface area (Å²) < 4.78 is 14.2. The molecule has 2 aromatic carbocycles. The van der Waals surface area contributed by atoms with E-state index in [0.29, 0.717) is 20.6 Å². The molecule has 0 aromatic heterocycles. The number of benzene rings is 2. The van der Waals surface area contributed by atoms with Crippen LogP contribution in [0.15, 0.2) is 46.9 Å². The minimum absolute atomic E-state index is 0.139. The highest BCUT2D eigenvalue weighted by Gasteiger charge is 2.07. The van der Waals surface area contributed by atoms with Crippen molar-refractivity contribution < 1.29 is 9.18 Å². The van der Waals surface area contributed by atoms with Crippen LogP contribution < -0.4 is 5.32 Å². The van der Waals surface area contributed by atoms with E-state index in [4.69, 9.17) is 11.6 Å². The van der Waals surface area contributed by atoms with Gasteiger partial charge in [0.15, 0.2) is 0 Å². The smallest absolute Gasteiger partial charge is 0.251 e. The van der Waals surface area contributed by atoms with E-state index >= 15 is 0 Å². The molecule has 1 N–H and O–H groups in total. The zero-order chi connectivity index (χ0) is 13.8. The Morgan fingerprint density at radius 1 is 1.21 bits per heavy atom. The Bertz CT molecular complexity index is 601. The Balaban J connectivity index is 2.02. The van der Waals surface area contributed by atoms with Crippen molar-refractivity contribution in [1.29, 1.82) is 0 Å². The van der Waals surface area contributed by atoms with E-state index in [1.165, 1.54) is 6.07 Å². The van der Waals surface area contributed by atoms with E-state index < -0.39 is 0 Å². The fourth-order valence-corrected chi connectivity index (χ4v) is 2.00. The van der Waals surface area contributed by atoms with Crippen molar-refractivity contribution in [2.24, 2.45) is 0 Å². The summed E-state index contributed by atoms with van der Waals surface area (Å²) in [5, 5.41) is 3.22. The fraction of sp³-hybridized carbons (Fsp3) is 0.0714. The number of halogens is 3. The van der Waals surface area contributed by atoms with Gasteiger partial charge in [-0.25, -0.2) is 4.39 Å². The quantitative estimate of drug-likeness (QED) is 0.891. The Hall–Kier alpha value is -1.39. The van der Waals surface area contributed by atoms with E-state index in [1.54, 1.807) is 36.4 Å². The monoisotopic (exact) mass is 341 g/mol. The van der Waals surface area contributed by atoms with Gasteiger partial charge in [0.1, 0.15) is 5.82 Å². The van der Waals surface area contributed by atoms with Crippen LogP contribution >= 0.6 is 27.5 Å². The van der Waals surface area contributed by atoms with Crippen molar-refractivity contribution in [1.82, 2.24) is 5.32 Å². The van der Waals surface area contributed by atoms with Gasteiger partial charge in [-0.2, -0.15) is 0 Å². The molecule has 0 aliphatic rings. The lowest BCUT2D eigenvalue weighted by Gasteiger charge is -2.07. The molecule has 2 nitrogen and oxygen atoms in total. The van der Waals surface area contributed by atoms with Crippen LogP contribution in [0, 0.1) is 5.82 Å². The first kappa shape index (κ1) is 14.0. The summed E-state index contributed by atoms with van der Waals surface area (Å²) in [5.74, 6) is -0.621. The second-order valence-corrected chi connectivity index (χ2v) is 5.28. The minimum atomic E-state index is -0.356. The third-order valence-corrected chi connectivity index (χ3v) is 3.31. The van der Waals surface area contributed by atoms with Gasteiger partial charge in [-0.1, -0.05) is 33.6 Å². The van der Waals surface area contributed by atoms with Gasteiger partial charge in [-0.3, -0.25) is 4.79 Å². The van der Waals surface area contributed by atoms with Crippen molar-refractivity contribution >= 4 is 33.4 Å². The van der Waals surface area contributed by atoms with Crippen LogP contribution in [0.1, 0.15) is 15.9 Å². The van der Waals surface area contributed by atoms with Crippen molar-refractivity contribution in [2.45, 2.75) is 6.54 Å². The molecular weight excluding hydrogens is 333 g/mol. The first-order valence-corrected chi connectivity index (χ1v) is 6.71. The van der Waals surface area contributed by atoms with Crippen molar-refractivity contribution in [3.05, 3.63) is 68.9 Å². The molecule has 2 rings (SSSR count). The SMILES string of the molecule is O=C(NCc1ccc(Br)cc1F)c1ccc(Cl)cc1. The summed E-state index contributed by atoms with van der Waals surface area (Å²) in [4.78, 5) is 11.8. The number of carbonyl (C=O) groups excluding carboxylic acids is 1. The molecule has 0 spiro atoms. The zero-order valence-electron chi connectivity index (χ0n) is 9.79. The van der Waals surface area contributed by atoms with Crippen LogP contribution in [0.5, 0.6) is 0 Å². The third kappa shape index (κ3) is 3.78. The second kappa shape index (κ2) is 6.17. The van der Waals surface area contributed by atoms with Gasteiger partial charge >= 0.3 is 0 Å². The van der Waals surface area contributed by atoms with Gasteiger partial charge in [-0.15, -0.1) is 0 Å². The highest BCUT2D eigenvalue weighted by molar-refractivity contribution is 9.10. The summed E-state index contributed by atoms with van der Waals surface area (Å²) in [5.41, 5.74) is 0.924. The summed E-state index contributed by atoms with van der Waals surface area (Å²) in [6.45, 7) is 0.139. The molecule has 5 heteroatoms. The molecule has 19 heavy (non-hydrogen) atoms. The maximum Gasteiger partial charge on any atom is 0.251 e. The number of hydrogen-bond acceptors (Lipinski definition) is 1. The van der Waals surface area contributed by atoms with Crippen LogP contribution in [-0.2, 0) is 6.54 Å². The van der Waals surface area contributed by atoms with Crippen molar-refractivity contribution in [3.63, 3.8) is 0 Å². The number of carbonyl (C=O) groups is 1. The molecule has 1 amide bonds. The molecule has 0 fully saturated rings. The largest absolute Gasteiger partial charge is 0.348 e. The van der Waals surface area contributed by atoms with E-state index in [9.17, 15) is 9.18 Å². The molecule has 0 saturated heterocycles. The molecular formula is C14H10BrClFNO. The minimum Gasteiger partial charge on any atom is -0.348 e. The highest BCUT2D eigenvalue weighted by atomic mass is 79.9. The highest BCUT2D eigenvalue weighted by Crippen LogP contribution is 2.15. The number of amides is 1. The Morgan fingerprint density at radius 2 is 1.89 bits per heavy atom. The molecule has 0 aliphatic carbocycles. The molecule has 0 aliphatic heterocycles. The van der Waals surface area contributed by atoms with Gasteiger partial charge in [0.2, 0.25) is 0 Å². The summed E-state index contributed by atoms with van der Waals surface area (Å²) in [6, 6.07) is 11.2. The molecule has 0 heterocycles. The standard InChI is InChI=1S/C14H10BrClFNO/c15-11-4-1-10(13(17)7-11)8-18-14(19)9-2-5-12(16)6-3-9/h1-7H,8H2,(H,18,19). The van der Waals surface area contributed by atoms with Crippen LogP contribution in [0.3, 0.4) is 0 Å². The van der Waals surface area contributed by atoms with Gasteiger partial charge < -0.3 is 5.32 Å². The lowest BCUT2D eigenvalue weighted by atomic mass is 10.2. The van der Waals surface area contributed by atoms with Crippen molar-refractivity contribution in [2.75, 3.05) is 0 Å². The number of hydrogen-bond donors (Lipinski definition) is 1. The number of rotatable bonds is 3. The average molecular weight is 343 g/mol. The lowest BCUT2D eigenvalue weighted by molar-refractivity contribution is 0.0950. The summed E-state index contributed by atoms with van der Waals surface area (Å²) in [6.07, 6.45) is 0. The maximum atomic E-state index is 13.6. The molecule has 0 atom stereocenters. The van der Waals surface area contributed by atoms with Gasteiger partial charge in [0.05, 0.1) is 0 Å². The molecule has 0 radical (unpaired) electrons. The first-order chi connectivity index (χ1) is 9.06. The van der Waals surface area contributed by atoms with Crippen LogP contribution in [0.4, 0.5) is 4.39 Å². The van der Waals surface area contributed by atoms with E-state index in [-0.39, 0.29) is 18.3 Å². The summed E-state index contributed by atoms with van der Waals surface area (Å²) in [7, 11) is 0. The van der Waals surface area contributed by atoms with E-state index in [0.717, 1.165) is 0 Å². The second-order valence-electron chi connectivity index (χ2n) is 3.93. The van der Waals surface area contributed by atoms with Crippen molar-refractivity contribution in [3.8, 4) is 0 Å². The lowest BCUT2D eigenvalue weighted by Crippen LogP contribution is -2.23. The number of nitrogens with one attached hydrogen (secondary N) is 1. The first-order valence-electron chi connectivity index (χ1n) is 5.54. The Labute approximate surface area is 123 Å². The maximum absolute atomic E-state index is 13.6. The van der Waals surface area contributed by atoms with Gasteiger partial charge in [0, 0.05) is 27.2 Å². The average Bonchev–Trinajstić information content (AvgIpc) is 2.38. The molecule has 0 saturated carbocycles. The van der Waals surface area contributed by atoms with E-state index in [1.807, 2.05) is 0 Å². The molecule has 0 bridgehead atoms. The van der Waals surface area contributed by atoms with Crippen LogP contribution in [0.2, 0.25) is 5.02 Å². The van der Waals surface area contributed by atoms with Crippen LogP contribution in [0.25, 0.3) is 0 Å². The molecule has 0 unspecified atom stereocenters. The predicted octanol–water partition coefficient (Wildman–Crippen LogP) is 4.17. The zero-order valence-corrected chi connectivity index (χ0v) is 12.1. The van der Waals surface area contributed by atoms with Gasteiger partial charge in [0.25, 0.3) is 5.91 Å². The Morgan fingerprint density at radius 3 is 2.53 bits per heavy atom. The molecule has 2 aromatic rings. The normalized spacial score (nSPS) is 10.3. The topological polar surface area (TPSA) is 29.1 Å². The van der Waals surface area contributed by atoms with E-state index in [2.05, 4.69) is 21.2 Å². The molecule has 98 valence electrons. The fourth-order valence-electron chi connectivity index (χ4n) is 1.54. The van der Waals surface area contributed by atoms with Gasteiger partial charge in [-0.05, 0) is 36.4 Å².